The maximum atomic E-state index is 11.9. The van der Waals surface area contributed by atoms with E-state index in [2.05, 4.69) is 10.3 Å². The number of carboxylic acid groups (broad SMARTS) is 1. The number of rotatable bonds is 4. The van der Waals surface area contributed by atoms with Crippen LogP contribution in [-0.2, 0) is 11.2 Å². The van der Waals surface area contributed by atoms with Gasteiger partial charge < -0.3 is 10.4 Å². The van der Waals surface area contributed by atoms with E-state index in [-0.39, 0.29) is 18.0 Å². The standard InChI is InChI=1S/C14H11ClN2O3/c15-10-5-6-16-12(8-10)14(20)17-11-3-1-9(2-4-11)7-13(18)19/h1-6,8H,7H2,(H,17,20)(H,18,19). The minimum absolute atomic E-state index is 0.0515. The molecule has 0 spiro atoms. The van der Waals surface area contributed by atoms with Gasteiger partial charge in [-0.05, 0) is 29.8 Å². The topological polar surface area (TPSA) is 79.3 Å². The molecule has 2 aromatic rings. The van der Waals surface area contributed by atoms with Gasteiger partial charge in [-0.3, -0.25) is 14.6 Å². The van der Waals surface area contributed by atoms with E-state index in [0.717, 1.165) is 0 Å². The predicted molar refractivity (Wildman–Crippen MR) is 75.0 cm³/mol. The zero-order chi connectivity index (χ0) is 14.5. The molecular formula is C14H11ClN2O3. The third-order valence-corrected chi connectivity index (χ3v) is 2.76. The summed E-state index contributed by atoms with van der Waals surface area (Å²) in [6.45, 7) is 0. The molecule has 6 heteroatoms. The number of anilines is 1. The molecule has 0 saturated heterocycles. The molecule has 5 nitrogen and oxygen atoms in total. The molecule has 1 aromatic carbocycles. The summed E-state index contributed by atoms with van der Waals surface area (Å²) in [5.74, 6) is -1.27. The molecule has 0 fully saturated rings. The lowest BCUT2D eigenvalue weighted by Gasteiger charge is -2.05. The number of pyridine rings is 1. The average molecular weight is 291 g/mol. The molecule has 0 unspecified atom stereocenters. The first-order valence-electron chi connectivity index (χ1n) is 5.78. The first-order chi connectivity index (χ1) is 9.54. The fourth-order valence-electron chi connectivity index (χ4n) is 1.60. The van der Waals surface area contributed by atoms with Gasteiger partial charge in [0.25, 0.3) is 5.91 Å². The molecular weight excluding hydrogens is 280 g/mol. The van der Waals surface area contributed by atoms with E-state index in [0.29, 0.717) is 16.3 Å². The van der Waals surface area contributed by atoms with Crippen LogP contribution in [0.4, 0.5) is 5.69 Å². The number of carboxylic acids is 1. The summed E-state index contributed by atoms with van der Waals surface area (Å²) in [5, 5.41) is 11.8. The Bertz CT molecular complexity index is 641. The molecule has 1 aromatic heterocycles. The summed E-state index contributed by atoms with van der Waals surface area (Å²) in [5.41, 5.74) is 1.44. The van der Waals surface area contributed by atoms with Crippen molar-refractivity contribution in [1.82, 2.24) is 4.98 Å². The lowest BCUT2D eigenvalue weighted by molar-refractivity contribution is -0.136. The highest BCUT2D eigenvalue weighted by atomic mass is 35.5. The molecule has 0 aliphatic heterocycles. The van der Waals surface area contributed by atoms with Gasteiger partial charge >= 0.3 is 5.97 Å². The smallest absolute Gasteiger partial charge is 0.307 e. The second kappa shape index (κ2) is 6.16. The summed E-state index contributed by atoms with van der Waals surface area (Å²) >= 11 is 5.79. The minimum atomic E-state index is -0.898. The Morgan fingerprint density at radius 1 is 1.20 bits per heavy atom. The quantitative estimate of drug-likeness (QED) is 0.907. The van der Waals surface area contributed by atoms with Gasteiger partial charge in [0.1, 0.15) is 5.69 Å². The third-order valence-electron chi connectivity index (χ3n) is 2.52. The fourth-order valence-corrected chi connectivity index (χ4v) is 1.76. The molecule has 1 heterocycles. The van der Waals surface area contributed by atoms with E-state index in [1.54, 1.807) is 30.3 Å². The molecule has 0 aliphatic rings. The molecule has 102 valence electrons. The minimum Gasteiger partial charge on any atom is -0.481 e. The molecule has 0 radical (unpaired) electrons. The van der Waals surface area contributed by atoms with Gasteiger partial charge in [0.05, 0.1) is 6.42 Å². The second-order valence-electron chi connectivity index (χ2n) is 4.08. The van der Waals surface area contributed by atoms with Crippen molar-refractivity contribution in [2.75, 3.05) is 5.32 Å². The number of hydrogen-bond acceptors (Lipinski definition) is 3. The Hall–Kier alpha value is -2.40. The Kier molecular flexibility index (Phi) is 4.32. The number of aliphatic carboxylic acids is 1. The maximum Gasteiger partial charge on any atom is 0.307 e. The summed E-state index contributed by atoms with van der Waals surface area (Å²) in [6.07, 6.45) is 1.40. The van der Waals surface area contributed by atoms with Crippen LogP contribution in [0.1, 0.15) is 16.1 Å². The summed E-state index contributed by atoms with van der Waals surface area (Å²) < 4.78 is 0. The molecule has 1 amide bonds. The SMILES string of the molecule is O=C(O)Cc1ccc(NC(=O)c2cc(Cl)ccn2)cc1. The van der Waals surface area contributed by atoms with Crippen molar-refractivity contribution in [2.45, 2.75) is 6.42 Å². The average Bonchev–Trinajstić information content (AvgIpc) is 2.40. The molecule has 0 aliphatic carbocycles. The van der Waals surface area contributed by atoms with Crippen LogP contribution in [0.2, 0.25) is 5.02 Å². The Morgan fingerprint density at radius 3 is 2.50 bits per heavy atom. The molecule has 2 N–H and O–H groups in total. The zero-order valence-electron chi connectivity index (χ0n) is 10.3. The van der Waals surface area contributed by atoms with E-state index >= 15 is 0 Å². The van der Waals surface area contributed by atoms with Gasteiger partial charge in [-0.1, -0.05) is 23.7 Å². The second-order valence-corrected chi connectivity index (χ2v) is 4.52. The number of carbonyl (C=O) groups excluding carboxylic acids is 1. The number of halogens is 1. The highest BCUT2D eigenvalue weighted by Gasteiger charge is 2.08. The first kappa shape index (κ1) is 14.0. The van der Waals surface area contributed by atoms with Crippen molar-refractivity contribution in [3.63, 3.8) is 0 Å². The van der Waals surface area contributed by atoms with Crippen molar-refractivity contribution < 1.29 is 14.7 Å². The van der Waals surface area contributed by atoms with Gasteiger partial charge in [-0.2, -0.15) is 0 Å². The van der Waals surface area contributed by atoms with Crippen molar-refractivity contribution in [3.8, 4) is 0 Å². The van der Waals surface area contributed by atoms with Crippen molar-refractivity contribution in [3.05, 3.63) is 58.9 Å². The van der Waals surface area contributed by atoms with Crippen molar-refractivity contribution in [1.29, 1.82) is 0 Å². The molecule has 0 saturated carbocycles. The predicted octanol–water partition coefficient (Wildman–Crippen LogP) is 2.61. The number of benzene rings is 1. The molecule has 2 rings (SSSR count). The van der Waals surface area contributed by atoms with Crippen LogP contribution in [-0.4, -0.2) is 22.0 Å². The Morgan fingerprint density at radius 2 is 1.90 bits per heavy atom. The van der Waals surface area contributed by atoms with Crippen LogP contribution in [0.25, 0.3) is 0 Å². The van der Waals surface area contributed by atoms with Crippen LogP contribution < -0.4 is 5.32 Å². The summed E-state index contributed by atoms with van der Waals surface area (Å²) in [4.78, 5) is 26.4. The number of carbonyl (C=O) groups is 2. The summed E-state index contributed by atoms with van der Waals surface area (Å²) in [6, 6.07) is 9.63. The number of nitrogens with zero attached hydrogens (tertiary/aromatic N) is 1. The lowest BCUT2D eigenvalue weighted by atomic mass is 10.1. The number of aromatic nitrogens is 1. The van der Waals surface area contributed by atoms with Crippen molar-refractivity contribution in [2.24, 2.45) is 0 Å². The Labute approximate surface area is 120 Å². The Balaban J connectivity index is 2.06. The van der Waals surface area contributed by atoms with Crippen LogP contribution in [0.3, 0.4) is 0 Å². The highest BCUT2D eigenvalue weighted by Crippen LogP contribution is 2.13. The van der Waals surface area contributed by atoms with Crippen LogP contribution in [0.15, 0.2) is 42.6 Å². The van der Waals surface area contributed by atoms with Gasteiger partial charge in [-0.25, -0.2) is 0 Å². The lowest BCUT2D eigenvalue weighted by Crippen LogP contribution is -2.13. The summed E-state index contributed by atoms with van der Waals surface area (Å²) in [7, 11) is 0. The normalized spacial score (nSPS) is 10.1. The largest absolute Gasteiger partial charge is 0.481 e. The molecule has 0 bridgehead atoms. The monoisotopic (exact) mass is 290 g/mol. The van der Waals surface area contributed by atoms with E-state index in [4.69, 9.17) is 16.7 Å². The zero-order valence-corrected chi connectivity index (χ0v) is 11.1. The van der Waals surface area contributed by atoms with Crippen LogP contribution >= 0.6 is 11.6 Å². The van der Waals surface area contributed by atoms with Crippen molar-refractivity contribution >= 4 is 29.2 Å². The highest BCUT2D eigenvalue weighted by molar-refractivity contribution is 6.30. The number of amides is 1. The maximum absolute atomic E-state index is 11.9. The van der Waals surface area contributed by atoms with Gasteiger partial charge in [0, 0.05) is 16.9 Å². The fraction of sp³-hybridized carbons (Fsp3) is 0.0714. The number of nitrogens with one attached hydrogen (secondary N) is 1. The number of hydrogen-bond donors (Lipinski definition) is 2. The van der Waals surface area contributed by atoms with Gasteiger partial charge in [0.2, 0.25) is 0 Å². The molecule has 20 heavy (non-hydrogen) atoms. The third kappa shape index (κ3) is 3.80. The van der Waals surface area contributed by atoms with E-state index in [1.165, 1.54) is 12.3 Å². The first-order valence-corrected chi connectivity index (χ1v) is 6.16. The molecule has 0 atom stereocenters. The van der Waals surface area contributed by atoms with Crippen LogP contribution in [0.5, 0.6) is 0 Å². The van der Waals surface area contributed by atoms with Gasteiger partial charge in [0.15, 0.2) is 0 Å². The van der Waals surface area contributed by atoms with E-state index in [9.17, 15) is 9.59 Å². The van der Waals surface area contributed by atoms with Crippen LogP contribution in [0, 0.1) is 0 Å². The van der Waals surface area contributed by atoms with Gasteiger partial charge in [-0.15, -0.1) is 0 Å². The van der Waals surface area contributed by atoms with E-state index in [1.807, 2.05) is 0 Å². The van der Waals surface area contributed by atoms with E-state index < -0.39 is 5.97 Å².